The van der Waals surface area contributed by atoms with Crippen molar-refractivity contribution in [1.29, 1.82) is 0 Å². The zero-order valence-electron chi connectivity index (χ0n) is 7.92. The molecule has 1 aliphatic heterocycles. The zero-order chi connectivity index (χ0) is 9.97. The Morgan fingerprint density at radius 2 is 2.21 bits per heavy atom. The summed E-state index contributed by atoms with van der Waals surface area (Å²) in [6, 6.07) is 5.40. The highest BCUT2D eigenvalue weighted by Gasteiger charge is 2.19. The molecule has 0 aliphatic carbocycles. The van der Waals surface area contributed by atoms with Gasteiger partial charge in [-0.3, -0.25) is 0 Å². The van der Waals surface area contributed by atoms with Gasteiger partial charge in [-0.2, -0.15) is 0 Å². The Kier molecular flexibility index (Phi) is 2.79. The van der Waals surface area contributed by atoms with E-state index in [0.29, 0.717) is 10.8 Å². The Morgan fingerprint density at radius 3 is 2.79 bits per heavy atom. The van der Waals surface area contributed by atoms with Gasteiger partial charge in [0.1, 0.15) is 17.6 Å². The Morgan fingerprint density at radius 1 is 1.43 bits per heavy atom. The highest BCUT2D eigenvalue weighted by Crippen LogP contribution is 2.29. The summed E-state index contributed by atoms with van der Waals surface area (Å²) in [6.07, 6.45) is 0.236. The van der Waals surface area contributed by atoms with Crippen molar-refractivity contribution in [1.82, 2.24) is 5.32 Å². The number of nitrogens with one attached hydrogen (secondary N) is 1. The van der Waals surface area contributed by atoms with Gasteiger partial charge >= 0.3 is 0 Å². The van der Waals surface area contributed by atoms with Gasteiger partial charge in [0.25, 0.3) is 0 Å². The molecule has 0 amide bonds. The van der Waals surface area contributed by atoms with Crippen LogP contribution in [-0.4, -0.2) is 26.3 Å². The summed E-state index contributed by atoms with van der Waals surface area (Å²) >= 11 is 5.98. The number of methoxy groups -OCH3 is 1. The van der Waals surface area contributed by atoms with E-state index in [9.17, 15) is 0 Å². The number of benzene rings is 1. The molecule has 2 rings (SSSR count). The molecule has 0 atom stereocenters. The van der Waals surface area contributed by atoms with Gasteiger partial charge in [-0.05, 0) is 12.1 Å². The molecule has 1 aromatic rings. The lowest BCUT2D eigenvalue weighted by molar-refractivity contribution is 0.142. The van der Waals surface area contributed by atoms with E-state index in [1.165, 1.54) is 0 Å². The standard InChI is InChI=1S/C10H12ClNO2/c1-13-7-2-3-9(11)10(4-7)14-8-5-12-6-8/h2-4,8,12H,5-6H2,1H3. The molecular weight excluding hydrogens is 202 g/mol. The largest absolute Gasteiger partial charge is 0.497 e. The summed E-state index contributed by atoms with van der Waals surface area (Å²) in [5.74, 6) is 1.45. The maximum atomic E-state index is 5.98. The van der Waals surface area contributed by atoms with Crippen molar-refractivity contribution in [2.45, 2.75) is 6.10 Å². The number of halogens is 1. The summed E-state index contributed by atoms with van der Waals surface area (Å²) < 4.78 is 10.7. The molecule has 0 saturated carbocycles. The predicted octanol–water partition coefficient (Wildman–Crippen LogP) is 1.70. The number of hydrogen-bond donors (Lipinski definition) is 1. The molecule has 4 heteroatoms. The topological polar surface area (TPSA) is 30.5 Å². The summed E-state index contributed by atoms with van der Waals surface area (Å²) in [5, 5.41) is 3.75. The molecule has 1 N–H and O–H groups in total. The first kappa shape index (κ1) is 9.62. The van der Waals surface area contributed by atoms with Gasteiger partial charge in [0, 0.05) is 19.2 Å². The Hall–Kier alpha value is -0.930. The highest BCUT2D eigenvalue weighted by molar-refractivity contribution is 6.32. The highest BCUT2D eigenvalue weighted by atomic mass is 35.5. The third kappa shape index (κ3) is 1.94. The number of hydrogen-bond acceptors (Lipinski definition) is 3. The molecule has 0 bridgehead atoms. The van der Waals surface area contributed by atoms with Gasteiger partial charge in [-0.15, -0.1) is 0 Å². The lowest BCUT2D eigenvalue weighted by atomic mass is 10.2. The Bertz CT molecular complexity index is 326. The van der Waals surface area contributed by atoms with E-state index in [4.69, 9.17) is 21.1 Å². The molecule has 1 aliphatic rings. The summed E-state index contributed by atoms with van der Waals surface area (Å²) in [7, 11) is 1.62. The quantitative estimate of drug-likeness (QED) is 0.829. The van der Waals surface area contributed by atoms with Crippen molar-refractivity contribution in [3.05, 3.63) is 23.2 Å². The lowest BCUT2D eigenvalue weighted by Crippen LogP contribution is -2.50. The summed E-state index contributed by atoms with van der Waals surface area (Å²) in [4.78, 5) is 0. The fraction of sp³-hybridized carbons (Fsp3) is 0.400. The van der Waals surface area contributed by atoms with Crippen LogP contribution in [0, 0.1) is 0 Å². The first-order valence-corrected chi connectivity index (χ1v) is 4.88. The van der Waals surface area contributed by atoms with Crippen molar-refractivity contribution in [2.75, 3.05) is 20.2 Å². The van der Waals surface area contributed by atoms with Crippen LogP contribution >= 0.6 is 11.6 Å². The minimum atomic E-state index is 0.236. The van der Waals surface area contributed by atoms with Crippen LogP contribution in [0.1, 0.15) is 0 Å². The van der Waals surface area contributed by atoms with Crippen molar-refractivity contribution in [3.63, 3.8) is 0 Å². The van der Waals surface area contributed by atoms with Gasteiger partial charge in [0.05, 0.1) is 12.1 Å². The van der Waals surface area contributed by atoms with Gasteiger partial charge in [-0.1, -0.05) is 11.6 Å². The third-order valence-electron chi connectivity index (χ3n) is 2.18. The zero-order valence-corrected chi connectivity index (χ0v) is 8.67. The summed E-state index contributed by atoms with van der Waals surface area (Å²) in [6.45, 7) is 1.76. The van der Waals surface area contributed by atoms with E-state index in [2.05, 4.69) is 5.32 Å². The number of ether oxygens (including phenoxy) is 2. The van der Waals surface area contributed by atoms with E-state index >= 15 is 0 Å². The minimum Gasteiger partial charge on any atom is -0.497 e. The van der Waals surface area contributed by atoms with Gasteiger partial charge in [-0.25, -0.2) is 0 Å². The lowest BCUT2D eigenvalue weighted by Gasteiger charge is -2.28. The van der Waals surface area contributed by atoms with E-state index in [1.54, 1.807) is 19.2 Å². The fourth-order valence-electron chi connectivity index (χ4n) is 1.23. The van der Waals surface area contributed by atoms with Crippen LogP contribution in [0.15, 0.2) is 18.2 Å². The van der Waals surface area contributed by atoms with Crippen LogP contribution in [0.25, 0.3) is 0 Å². The van der Waals surface area contributed by atoms with Crippen LogP contribution in [0.5, 0.6) is 11.5 Å². The van der Waals surface area contributed by atoms with Gasteiger partial charge in [0.2, 0.25) is 0 Å². The minimum absolute atomic E-state index is 0.236. The van der Waals surface area contributed by atoms with Crippen LogP contribution in [0.4, 0.5) is 0 Å². The third-order valence-corrected chi connectivity index (χ3v) is 2.49. The molecule has 1 saturated heterocycles. The molecule has 0 spiro atoms. The van der Waals surface area contributed by atoms with E-state index in [0.717, 1.165) is 18.8 Å². The van der Waals surface area contributed by atoms with Crippen LogP contribution in [-0.2, 0) is 0 Å². The average molecular weight is 214 g/mol. The maximum absolute atomic E-state index is 5.98. The smallest absolute Gasteiger partial charge is 0.142 e. The molecule has 0 radical (unpaired) electrons. The molecule has 0 unspecified atom stereocenters. The molecule has 0 aromatic heterocycles. The Balaban J connectivity index is 2.13. The normalized spacial score (nSPS) is 16.1. The van der Waals surface area contributed by atoms with E-state index < -0.39 is 0 Å². The van der Waals surface area contributed by atoms with Gasteiger partial charge in [0.15, 0.2) is 0 Å². The second-order valence-electron chi connectivity index (χ2n) is 3.19. The maximum Gasteiger partial charge on any atom is 0.142 e. The van der Waals surface area contributed by atoms with Crippen molar-refractivity contribution >= 4 is 11.6 Å². The molecule has 1 heterocycles. The SMILES string of the molecule is COc1ccc(Cl)c(OC2CNC2)c1. The number of rotatable bonds is 3. The fourth-order valence-corrected chi connectivity index (χ4v) is 1.39. The molecule has 76 valence electrons. The Labute approximate surface area is 88.0 Å². The van der Waals surface area contributed by atoms with E-state index in [-0.39, 0.29) is 6.10 Å². The molecule has 3 nitrogen and oxygen atoms in total. The summed E-state index contributed by atoms with van der Waals surface area (Å²) in [5.41, 5.74) is 0. The van der Waals surface area contributed by atoms with E-state index in [1.807, 2.05) is 6.07 Å². The van der Waals surface area contributed by atoms with Crippen molar-refractivity contribution in [3.8, 4) is 11.5 Å². The average Bonchev–Trinajstić information content (AvgIpc) is 2.14. The second-order valence-corrected chi connectivity index (χ2v) is 3.60. The van der Waals surface area contributed by atoms with Crippen LogP contribution < -0.4 is 14.8 Å². The van der Waals surface area contributed by atoms with Crippen molar-refractivity contribution in [2.24, 2.45) is 0 Å². The monoisotopic (exact) mass is 213 g/mol. The first-order chi connectivity index (χ1) is 6.79. The molecular formula is C10H12ClNO2. The van der Waals surface area contributed by atoms with Gasteiger partial charge < -0.3 is 14.8 Å². The van der Waals surface area contributed by atoms with Crippen LogP contribution in [0.2, 0.25) is 5.02 Å². The molecule has 1 fully saturated rings. The first-order valence-electron chi connectivity index (χ1n) is 4.50. The predicted molar refractivity (Wildman–Crippen MR) is 55.3 cm³/mol. The molecule has 14 heavy (non-hydrogen) atoms. The van der Waals surface area contributed by atoms with Crippen molar-refractivity contribution < 1.29 is 9.47 Å². The molecule has 1 aromatic carbocycles. The second kappa shape index (κ2) is 4.07. The van der Waals surface area contributed by atoms with Crippen LogP contribution in [0.3, 0.4) is 0 Å².